The van der Waals surface area contributed by atoms with E-state index in [0.717, 1.165) is 10.8 Å². The standard InChI is InChI=1S/C24H24N2O4/c1-4-8-19-11-16(12-22(23(19)27)30-5-2)15-25-26-24(28)20-13-17-9-6-7-10-18(17)14-21(20)29-3/h4,6-7,9-15,27H,1,5,8H2,2-3H3,(H,26,28)/b25-15-. The zero-order chi connectivity index (χ0) is 21.5. The monoisotopic (exact) mass is 404 g/mol. The summed E-state index contributed by atoms with van der Waals surface area (Å²) >= 11 is 0. The molecule has 0 aromatic heterocycles. The highest BCUT2D eigenvalue weighted by atomic mass is 16.5. The van der Waals surface area contributed by atoms with E-state index in [1.54, 1.807) is 24.3 Å². The summed E-state index contributed by atoms with van der Waals surface area (Å²) in [6.45, 7) is 5.96. The number of hydrogen-bond donors (Lipinski definition) is 2. The largest absolute Gasteiger partial charge is 0.504 e. The van der Waals surface area contributed by atoms with Gasteiger partial charge in [0.1, 0.15) is 5.75 Å². The minimum Gasteiger partial charge on any atom is -0.504 e. The van der Waals surface area contributed by atoms with Crippen molar-refractivity contribution in [3.05, 3.63) is 77.9 Å². The molecule has 0 aliphatic heterocycles. The summed E-state index contributed by atoms with van der Waals surface area (Å²) in [6.07, 6.45) is 3.67. The Bertz CT molecular complexity index is 1110. The van der Waals surface area contributed by atoms with Crippen LogP contribution in [-0.2, 0) is 6.42 Å². The zero-order valence-corrected chi connectivity index (χ0v) is 17.0. The molecule has 6 heteroatoms. The van der Waals surface area contributed by atoms with Crippen LogP contribution in [0.2, 0.25) is 0 Å². The van der Waals surface area contributed by atoms with Gasteiger partial charge in [0.25, 0.3) is 5.91 Å². The van der Waals surface area contributed by atoms with Gasteiger partial charge in [0.05, 0.1) is 25.5 Å². The van der Waals surface area contributed by atoms with Gasteiger partial charge in [-0.25, -0.2) is 5.43 Å². The summed E-state index contributed by atoms with van der Waals surface area (Å²) in [5.41, 5.74) is 4.27. The van der Waals surface area contributed by atoms with Crippen LogP contribution in [0.15, 0.2) is 66.3 Å². The van der Waals surface area contributed by atoms with E-state index in [1.807, 2.05) is 37.3 Å². The van der Waals surface area contributed by atoms with Crippen LogP contribution in [0.3, 0.4) is 0 Å². The molecule has 2 N–H and O–H groups in total. The molecule has 154 valence electrons. The first kappa shape index (κ1) is 20.9. The van der Waals surface area contributed by atoms with Gasteiger partial charge in [0.15, 0.2) is 11.5 Å². The van der Waals surface area contributed by atoms with Crippen molar-refractivity contribution in [2.75, 3.05) is 13.7 Å². The number of rotatable bonds is 8. The lowest BCUT2D eigenvalue weighted by atomic mass is 10.1. The summed E-state index contributed by atoms with van der Waals surface area (Å²) < 4.78 is 10.9. The highest BCUT2D eigenvalue weighted by molar-refractivity contribution is 6.02. The molecule has 0 saturated carbocycles. The third-order valence-electron chi connectivity index (χ3n) is 4.53. The van der Waals surface area contributed by atoms with E-state index in [9.17, 15) is 9.90 Å². The van der Waals surface area contributed by atoms with Gasteiger partial charge in [-0.1, -0.05) is 30.3 Å². The lowest BCUT2D eigenvalue weighted by molar-refractivity contribution is 0.0952. The molecule has 0 radical (unpaired) electrons. The molecule has 1 amide bonds. The molecule has 0 heterocycles. The highest BCUT2D eigenvalue weighted by Crippen LogP contribution is 2.32. The third kappa shape index (κ3) is 4.60. The number of hydrazone groups is 1. The molecular weight excluding hydrogens is 380 g/mol. The van der Waals surface area contributed by atoms with Gasteiger partial charge in [-0.05, 0) is 53.9 Å². The Balaban J connectivity index is 1.83. The average Bonchev–Trinajstić information content (AvgIpc) is 2.76. The van der Waals surface area contributed by atoms with E-state index in [-0.39, 0.29) is 11.7 Å². The van der Waals surface area contributed by atoms with Crippen molar-refractivity contribution in [1.82, 2.24) is 5.43 Å². The second kappa shape index (κ2) is 9.60. The normalized spacial score (nSPS) is 10.9. The van der Waals surface area contributed by atoms with Crippen LogP contribution in [0.25, 0.3) is 10.8 Å². The minimum absolute atomic E-state index is 0.0823. The first-order valence-electron chi connectivity index (χ1n) is 9.57. The van der Waals surface area contributed by atoms with E-state index in [0.29, 0.717) is 41.2 Å². The average molecular weight is 404 g/mol. The summed E-state index contributed by atoms with van der Waals surface area (Å²) in [4.78, 5) is 12.7. The van der Waals surface area contributed by atoms with E-state index < -0.39 is 0 Å². The fourth-order valence-corrected chi connectivity index (χ4v) is 3.13. The third-order valence-corrected chi connectivity index (χ3v) is 4.53. The number of benzene rings is 3. The fourth-order valence-electron chi connectivity index (χ4n) is 3.13. The maximum atomic E-state index is 12.7. The van der Waals surface area contributed by atoms with Gasteiger partial charge in [-0.15, -0.1) is 6.58 Å². The molecule has 0 bridgehead atoms. The van der Waals surface area contributed by atoms with Gasteiger partial charge in [0, 0.05) is 5.56 Å². The molecular formula is C24H24N2O4. The Kier molecular flexibility index (Phi) is 6.70. The molecule has 3 aromatic rings. The highest BCUT2D eigenvalue weighted by Gasteiger charge is 2.13. The first-order chi connectivity index (χ1) is 14.6. The Morgan fingerprint density at radius 2 is 1.90 bits per heavy atom. The van der Waals surface area contributed by atoms with Crippen LogP contribution >= 0.6 is 0 Å². The number of ether oxygens (including phenoxy) is 2. The minimum atomic E-state index is -0.385. The van der Waals surface area contributed by atoms with Crippen molar-refractivity contribution < 1.29 is 19.4 Å². The second-order valence-electron chi connectivity index (χ2n) is 6.55. The number of allylic oxidation sites excluding steroid dienone is 1. The number of aromatic hydroxyl groups is 1. The van der Waals surface area contributed by atoms with Gasteiger partial charge < -0.3 is 14.6 Å². The predicted molar refractivity (Wildman–Crippen MR) is 119 cm³/mol. The Morgan fingerprint density at radius 1 is 1.17 bits per heavy atom. The van der Waals surface area contributed by atoms with Crippen molar-refractivity contribution in [2.45, 2.75) is 13.3 Å². The van der Waals surface area contributed by atoms with Crippen molar-refractivity contribution in [1.29, 1.82) is 0 Å². The molecule has 0 aliphatic carbocycles. The van der Waals surface area contributed by atoms with Crippen molar-refractivity contribution in [3.63, 3.8) is 0 Å². The number of methoxy groups -OCH3 is 1. The van der Waals surface area contributed by atoms with Crippen LogP contribution in [-0.4, -0.2) is 30.9 Å². The van der Waals surface area contributed by atoms with E-state index >= 15 is 0 Å². The molecule has 0 aliphatic rings. The zero-order valence-electron chi connectivity index (χ0n) is 17.0. The van der Waals surface area contributed by atoms with E-state index in [2.05, 4.69) is 17.1 Å². The number of phenolic OH excluding ortho intramolecular Hbond substituents is 1. The molecule has 30 heavy (non-hydrogen) atoms. The molecule has 0 atom stereocenters. The summed E-state index contributed by atoms with van der Waals surface area (Å²) in [5.74, 6) is 0.529. The van der Waals surface area contributed by atoms with Crippen LogP contribution < -0.4 is 14.9 Å². The topological polar surface area (TPSA) is 80.2 Å². The van der Waals surface area contributed by atoms with Crippen LogP contribution in [0, 0.1) is 0 Å². The maximum Gasteiger partial charge on any atom is 0.275 e. The lowest BCUT2D eigenvalue weighted by Crippen LogP contribution is -2.18. The number of carbonyl (C=O) groups is 1. The maximum absolute atomic E-state index is 12.7. The Labute approximate surface area is 175 Å². The predicted octanol–water partition coefficient (Wildman–Crippen LogP) is 4.45. The molecule has 6 nitrogen and oxygen atoms in total. The van der Waals surface area contributed by atoms with Gasteiger partial charge in [0.2, 0.25) is 0 Å². The molecule has 0 saturated heterocycles. The first-order valence-corrected chi connectivity index (χ1v) is 9.57. The molecule has 0 fully saturated rings. The Morgan fingerprint density at radius 3 is 2.57 bits per heavy atom. The SMILES string of the molecule is C=CCc1cc(/C=N\NC(=O)c2cc3ccccc3cc2OC)cc(OCC)c1O. The van der Waals surface area contributed by atoms with Gasteiger partial charge >= 0.3 is 0 Å². The summed E-state index contributed by atoms with van der Waals surface area (Å²) in [7, 11) is 1.52. The summed E-state index contributed by atoms with van der Waals surface area (Å²) in [5, 5.41) is 16.3. The van der Waals surface area contributed by atoms with Crippen LogP contribution in [0.5, 0.6) is 17.2 Å². The Hall–Kier alpha value is -3.80. The number of fused-ring (bicyclic) bond motifs is 1. The van der Waals surface area contributed by atoms with E-state index in [4.69, 9.17) is 9.47 Å². The molecule has 3 aromatic carbocycles. The fraction of sp³-hybridized carbons (Fsp3) is 0.167. The van der Waals surface area contributed by atoms with Crippen molar-refractivity contribution in [2.24, 2.45) is 5.10 Å². The smallest absolute Gasteiger partial charge is 0.275 e. The number of carbonyl (C=O) groups excluding carboxylic acids is 1. The molecule has 0 spiro atoms. The molecule has 3 rings (SSSR count). The summed E-state index contributed by atoms with van der Waals surface area (Å²) in [6, 6.07) is 14.8. The van der Waals surface area contributed by atoms with Crippen LogP contribution in [0.4, 0.5) is 0 Å². The number of nitrogens with zero attached hydrogens (tertiary/aromatic N) is 1. The van der Waals surface area contributed by atoms with E-state index in [1.165, 1.54) is 13.3 Å². The lowest BCUT2D eigenvalue weighted by Gasteiger charge is -2.11. The number of amides is 1. The number of hydrogen-bond acceptors (Lipinski definition) is 5. The number of nitrogens with one attached hydrogen (secondary N) is 1. The van der Waals surface area contributed by atoms with Crippen molar-refractivity contribution in [3.8, 4) is 17.2 Å². The quantitative estimate of drug-likeness (QED) is 0.330. The van der Waals surface area contributed by atoms with Gasteiger partial charge in [-0.3, -0.25) is 4.79 Å². The van der Waals surface area contributed by atoms with Gasteiger partial charge in [-0.2, -0.15) is 5.10 Å². The van der Waals surface area contributed by atoms with Crippen LogP contribution in [0.1, 0.15) is 28.4 Å². The molecule has 0 unspecified atom stereocenters. The number of phenols is 1. The second-order valence-corrected chi connectivity index (χ2v) is 6.55. The van der Waals surface area contributed by atoms with Crippen molar-refractivity contribution >= 4 is 22.9 Å².